The highest BCUT2D eigenvalue weighted by Gasteiger charge is 2.36. The number of benzene rings is 3. The van der Waals surface area contributed by atoms with Gasteiger partial charge in [0.1, 0.15) is 17.2 Å². The number of anilines is 1. The molecule has 49 heavy (non-hydrogen) atoms. The molecule has 0 aliphatic carbocycles. The molecular formula is C38H41ClN6O4. The van der Waals surface area contributed by atoms with E-state index in [-0.39, 0.29) is 31.2 Å². The van der Waals surface area contributed by atoms with Gasteiger partial charge in [-0.3, -0.25) is 0 Å². The number of fused-ring (bicyclic) bond motifs is 3. The summed E-state index contributed by atoms with van der Waals surface area (Å²) in [5.41, 5.74) is 4.51. The highest BCUT2D eigenvalue weighted by molar-refractivity contribution is 6.35. The molecule has 11 heteroatoms. The zero-order chi connectivity index (χ0) is 34.3. The van der Waals surface area contributed by atoms with Crippen molar-refractivity contribution in [3.8, 4) is 17.8 Å². The maximum Gasteiger partial charge on any atom is 0.410 e. The highest BCUT2D eigenvalue weighted by Crippen LogP contribution is 2.40. The first kappa shape index (κ1) is 33.1. The molecule has 7 rings (SSSR count). The van der Waals surface area contributed by atoms with Crippen LogP contribution in [0.3, 0.4) is 0 Å². The molecular weight excluding hydrogens is 640 g/mol. The largest absolute Gasteiger partial charge is 0.444 e. The Morgan fingerprint density at radius 1 is 1.06 bits per heavy atom. The van der Waals surface area contributed by atoms with Crippen molar-refractivity contribution in [1.29, 1.82) is 5.26 Å². The Labute approximate surface area is 292 Å². The molecule has 0 radical (unpaired) electrons. The highest BCUT2D eigenvalue weighted by atomic mass is 35.5. The average Bonchev–Trinajstić information content (AvgIpc) is 3.07. The van der Waals surface area contributed by atoms with Gasteiger partial charge in [-0.2, -0.15) is 15.2 Å². The second kappa shape index (κ2) is 13.5. The fourth-order valence-corrected chi connectivity index (χ4v) is 7.39. The average molecular weight is 681 g/mol. The van der Waals surface area contributed by atoms with Crippen LogP contribution in [0.5, 0.6) is 11.8 Å². The molecule has 1 amide bonds. The van der Waals surface area contributed by atoms with Crippen molar-refractivity contribution in [3.05, 3.63) is 87.6 Å². The molecule has 0 saturated carbocycles. The summed E-state index contributed by atoms with van der Waals surface area (Å²) in [5, 5.41) is 12.4. The molecule has 4 heterocycles. The van der Waals surface area contributed by atoms with Crippen molar-refractivity contribution in [3.63, 3.8) is 0 Å². The zero-order valence-corrected chi connectivity index (χ0v) is 29.2. The molecule has 3 aliphatic heterocycles. The van der Waals surface area contributed by atoms with Crippen molar-refractivity contribution in [2.45, 2.75) is 70.9 Å². The lowest BCUT2D eigenvalue weighted by molar-refractivity contribution is 0.0140. The maximum absolute atomic E-state index is 13.2. The lowest BCUT2D eigenvalue weighted by Gasteiger charge is -2.42. The topological polar surface area (TPSA) is 104 Å². The number of nitrogens with zero attached hydrogens (tertiary/aromatic N) is 6. The number of hydrogen-bond acceptors (Lipinski definition) is 9. The van der Waals surface area contributed by atoms with Crippen molar-refractivity contribution < 1.29 is 19.0 Å². The van der Waals surface area contributed by atoms with E-state index >= 15 is 0 Å². The predicted molar refractivity (Wildman–Crippen MR) is 188 cm³/mol. The Morgan fingerprint density at radius 2 is 1.86 bits per heavy atom. The number of aromatic nitrogens is 2. The summed E-state index contributed by atoms with van der Waals surface area (Å²) in [7, 11) is 2.11. The number of halogens is 1. The van der Waals surface area contributed by atoms with Gasteiger partial charge in [0.2, 0.25) is 0 Å². The van der Waals surface area contributed by atoms with E-state index in [1.54, 1.807) is 4.90 Å². The van der Waals surface area contributed by atoms with E-state index in [9.17, 15) is 10.1 Å². The van der Waals surface area contributed by atoms with Crippen LogP contribution in [-0.4, -0.2) is 70.7 Å². The number of likely N-dealkylation sites (N-methyl/N-ethyl adjacent to an activating group) is 1. The monoisotopic (exact) mass is 680 g/mol. The van der Waals surface area contributed by atoms with Gasteiger partial charge in [0.15, 0.2) is 0 Å². The number of rotatable bonds is 5. The van der Waals surface area contributed by atoms with Crippen LogP contribution in [0.2, 0.25) is 5.02 Å². The van der Waals surface area contributed by atoms with Gasteiger partial charge in [0.25, 0.3) is 0 Å². The molecule has 2 atom stereocenters. The quantitative estimate of drug-likeness (QED) is 0.216. The molecule has 1 aromatic heterocycles. The molecule has 1 fully saturated rings. The van der Waals surface area contributed by atoms with E-state index in [0.717, 1.165) is 58.4 Å². The van der Waals surface area contributed by atoms with Crippen LogP contribution in [0.25, 0.3) is 10.8 Å². The van der Waals surface area contributed by atoms with Crippen molar-refractivity contribution in [2.24, 2.45) is 0 Å². The van der Waals surface area contributed by atoms with Crippen LogP contribution in [-0.2, 0) is 35.5 Å². The minimum atomic E-state index is -0.642. The lowest BCUT2D eigenvalue weighted by atomic mass is 9.94. The van der Waals surface area contributed by atoms with Crippen molar-refractivity contribution in [2.75, 3.05) is 38.1 Å². The third kappa shape index (κ3) is 6.89. The standard InChI is InChI=1S/C38H41ClN6O4/c1-38(2,3)49-37(46)45-19-18-44(21-26(45)14-16-40)35-29-23-47-33(27-11-5-9-25-10-6-12-30(39)34(25)27)20-31(29)41-36(42-35)48-32-13-7-8-24-15-17-43(4)22-28(24)32/h5-13,26,33H,14-15,17-23H2,1-4H3/t26-,33?/m0/s1. The van der Waals surface area contributed by atoms with Crippen LogP contribution in [0.4, 0.5) is 10.6 Å². The normalized spacial score (nSPS) is 19.6. The molecule has 3 aliphatic rings. The number of piperazine rings is 1. The minimum Gasteiger partial charge on any atom is -0.444 e. The van der Waals surface area contributed by atoms with Crippen LogP contribution < -0.4 is 9.64 Å². The molecule has 1 unspecified atom stereocenters. The summed E-state index contributed by atoms with van der Waals surface area (Å²) in [6.07, 6.45) is 0.922. The smallest absolute Gasteiger partial charge is 0.410 e. The maximum atomic E-state index is 13.2. The number of ether oxygens (including phenoxy) is 3. The Morgan fingerprint density at radius 3 is 2.65 bits per heavy atom. The van der Waals surface area contributed by atoms with E-state index in [1.165, 1.54) is 5.56 Å². The Balaban J connectivity index is 1.26. The van der Waals surface area contributed by atoms with Crippen LogP contribution in [0.15, 0.2) is 54.6 Å². The fraction of sp³-hybridized carbons (Fsp3) is 0.421. The van der Waals surface area contributed by atoms with E-state index < -0.39 is 11.7 Å². The Kier molecular flexibility index (Phi) is 9.09. The number of nitriles is 1. The summed E-state index contributed by atoms with van der Waals surface area (Å²) < 4.78 is 18.8. The van der Waals surface area contributed by atoms with Gasteiger partial charge >= 0.3 is 12.1 Å². The summed E-state index contributed by atoms with van der Waals surface area (Å²) >= 11 is 6.73. The Hall–Kier alpha value is -4.43. The molecule has 3 aromatic carbocycles. The summed E-state index contributed by atoms with van der Waals surface area (Å²) in [6, 6.07) is 20.4. The van der Waals surface area contributed by atoms with E-state index in [1.807, 2.05) is 51.1 Å². The third-order valence-electron chi connectivity index (χ3n) is 9.45. The van der Waals surface area contributed by atoms with Crippen LogP contribution >= 0.6 is 11.6 Å². The first-order chi connectivity index (χ1) is 23.6. The van der Waals surface area contributed by atoms with E-state index in [0.29, 0.717) is 36.9 Å². The lowest BCUT2D eigenvalue weighted by Crippen LogP contribution is -2.56. The molecule has 10 nitrogen and oxygen atoms in total. The predicted octanol–water partition coefficient (Wildman–Crippen LogP) is 7.22. The van der Waals surface area contributed by atoms with Gasteiger partial charge < -0.3 is 28.9 Å². The van der Waals surface area contributed by atoms with Crippen LogP contribution in [0.1, 0.15) is 61.2 Å². The van der Waals surface area contributed by atoms with Crippen molar-refractivity contribution in [1.82, 2.24) is 19.8 Å². The summed E-state index contributed by atoms with van der Waals surface area (Å²) in [6.45, 7) is 8.88. The number of hydrogen-bond donors (Lipinski definition) is 0. The molecule has 0 spiro atoms. The third-order valence-corrected chi connectivity index (χ3v) is 9.77. The van der Waals surface area contributed by atoms with Crippen molar-refractivity contribution >= 4 is 34.3 Å². The molecule has 0 N–H and O–H groups in total. The van der Waals surface area contributed by atoms with Gasteiger partial charge in [-0.15, -0.1) is 0 Å². The van der Waals surface area contributed by atoms with Gasteiger partial charge in [0.05, 0.1) is 36.9 Å². The van der Waals surface area contributed by atoms with E-state index in [4.69, 9.17) is 35.8 Å². The first-order valence-electron chi connectivity index (χ1n) is 16.8. The number of amides is 1. The van der Waals surface area contributed by atoms with Gasteiger partial charge in [-0.05, 0) is 62.9 Å². The molecule has 0 bridgehead atoms. The van der Waals surface area contributed by atoms with Gasteiger partial charge in [-0.1, -0.05) is 54.1 Å². The second-order valence-electron chi connectivity index (χ2n) is 14.1. The van der Waals surface area contributed by atoms with Crippen LogP contribution in [0, 0.1) is 11.3 Å². The zero-order valence-electron chi connectivity index (χ0n) is 28.4. The number of carbonyl (C=O) groups excluding carboxylic acids is 1. The fourth-order valence-electron chi connectivity index (χ4n) is 7.10. The summed E-state index contributed by atoms with van der Waals surface area (Å²) in [4.78, 5) is 29.3. The molecule has 254 valence electrons. The Bertz CT molecular complexity index is 1930. The van der Waals surface area contributed by atoms with Gasteiger partial charge in [0, 0.05) is 60.7 Å². The number of carbonyl (C=O) groups is 1. The van der Waals surface area contributed by atoms with E-state index in [2.05, 4.69) is 47.2 Å². The SMILES string of the molecule is CN1CCc2cccc(Oc3nc4c(c(N5CCN(C(=O)OC(C)(C)C)[C@@H](CC#N)C5)n3)COC(c3cccc5cccc(Cl)c35)C4)c2C1. The molecule has 1 saturated heterocycles. The first-order valence-corrected chi connectivity index (χ1v) is 17.2. The summed E-state index contributed by atoms with van der Waals surface area (Å²) in [5.74, 6) is 1.44. The van der Waals surface area contributed by atoms with Gasteiger partial charge in [-0.25, -0.2) is 4.79 Å². The molecule has 4 aromatic rings. The minimum absolute atomic E-state index is 0.163. The second-order valence-corrected chi connectivity index (χ2v) is 14.5.